The maximum Gasteiger partial charge on any atom is 0.416 e. The summed E-state index contributed by atoms with van der Waals surface area (Å²) >= 11 is 0. The lowest BCUT2D eigenvalue weighted by Gasteiger charge is -2.52. The van der Waals surface area contributed by atoms with Crippen molar-refractivity contribution < 1.29 is 27.6 Å². The summed E-state index contributed by atoms with van der Waals surface area (Å²) < 4.78 is 40.2. The molecule has 0 atom stereocenters. The Morgan fingerprint density at radius 3 is 2.37 bits per heavy atom. The Balaban J connectivity index is 1.28. The minimum atomic E-state index is -4.49. The number of benzene rings is 1. The van der Waals surface area contributed by atoms with Crippen LogP contribution in [0.1, 0.15) is 77.6 Å². The lowest BCUT2D eigenvalue weighted by molar-refractivity contribution is -0.137. The highest BCUT2D eigenvalue weighted by molar-refractivity contribution is 5.98. The number of hydrogen-bond donors (Lipinski definition) is 2. The van der Waals surface area contributed by atoms with Crippen molar-refractivity contribution >= 4 is 23.4 Å². The van der Waals surface area contributed by atoms with E-state index in [-0.39, 0.29) is 45.9 Å². The van der Waals surface area contributed by atoms with Crippen molar-refractivity contribution in [2.45, 2.75) is 58.2 Å². The smallest absolute Gasteiger partial charge is 0.350 e. The zero-order valence-electron chi connectivity index (χ0n) is 20.8. The number of Topliss-reactive ketones (excluding diaryl/α,β-unsaturated/α-hetero) is 1. The van der Waals surface area contributed by atoms with Gasteiger partial charge in [-0.2, -0.15) is 27.8 Å². The Morgan fingerprint density at radius 1 is 1.00 bits per heavy atom. The van der Waals surface area contributed by atoms with E-state index in [9.17, 15) is 27.6 Å². The number of carbonyl (C=O) groups excluding carboxylic acids is 3. The molecule has 3 fully saturated rings. The summed E-state index contributed by atoms with van der Waals surface area (Å²) in [6.07, 6.45) is 1.81. The first kappa shape index (κ1) is 25.8. The Labute approximate surface area is 216 Å². The average Bonchev–Trinajstić information content (AvgIpc) is 3.39. The molecule has 0 unspecified atom stereocenters. The molecule has 3 aromatic rings. The van der Waals surface area contributed by atoms with Gasteiger partial charge in [0, 0.05) is 24.6 Å². The summed E-state index contributed by atoms with van der Waals surface area (Å²) in [5, 5.41) is 9.56. The summed E-state index contributed by atoms with van der Waals surface area (Å²) in [5.41, 5.74) is -0.858. The zero-order chi connectivity index (χ0) is 27.1. The molecule has 2 N–H and O–H groups in total. The predicted molar refractivity (Wildman–Crippen MR) is 129 cm³/mol. The van der Waals surface area contributed by atoms with Crippen LogP contribution in [0.25, 0.3) is 5.78 Å². The number of carbonyl (C=O) groups is 3. The highest BCUT2D eigenvalue weighted by Crippen LogP contribution is 2.56. The maximum absolute atomic E-state index is 13.2. The van der Waals surface area contributed by atoms with E-state index in [1.165, 1.54) is 29.0 Å². The van der Waals surface area contributed by atoms with Crippen molar-refractivity contribution in [3.05, 3.63) is 59.2 Å². The van der Waals surface area contributed by atoms with E-state index in [0.717, 1.165) is 50.7 Å². The van der Waals surface area contributed by atoms with E-state index in [2.05, 4.69) is 25.7 Å². The van der Waals surface area contributed by atoms with Crippen LogP contribution in [0.4, 0.5) is 13.2 Å². The van der Waals surface area contributed by atoms with Crippen LogP contribution in [-0.2, 0) is 17.5 Å². The monoisotopic (exact) mass is 528 g/mol. The van der Waals surface area contributed by atoms with Gasteiger partial charge in [-0.3, -0.25) is 14.4 Å². The topological polar surface area (TPSA) is 118 Å². The van der Waals surface area contributed by atoms with Crippen LogP contribution in [0.2, 0.25) is 0 Å². The van der Waals surface area contributed by atoms with Crippen LogP contribution < -0.4 is 10.6 Å². The summed E-state index contributed by atoms with van der Waals surface area (Å²) in [4.78, 5) is 46.3. The Bertz CT molecular complexity index is 1390. The third-order valence-electron chi connectivity index (χ3n) is 8.20. The molecule has 6 rings (SSSR count). The van der Waals surface area contributed by atoms with E-state index < -0.39 is 23.6 Å². The van der Waals surface area contributed by atoms with Crippen molar-refractivity contribution in [2.24, 2.45) is 10.8 Å². The molecule has 9 nitrogen and oxygen atoms in total. The van der Waals surface area contributed by atoms with Crippen LogP contribution >= 0.6 is 0 Å². The molecule has 0 radical (unpaired) electrons. The van der Waals surface area contributed by atoms with Crippen molar-refractivity contribution in [3.63, 3.8) is 0 Å². The number of alkyl halides is 3. The molecule has 3 saturated carbocycles. The van der Waals surface area contributed by atoms with E-state index in [0.29, 0.717) is 6.54 Å². The Hall–Kier alpha value is -3.83. The fourth-order valence-corrected chi connectivity index (χ4v) is 5.64. The number of halogens is 3. The minimum Gasteiger partial charge on any atom is -0.350 e. The second-order valence-electron chi connectivity index (χ2n) is 10.4. The van der Waals surface area contributed by atoms with Gasteiger partial charge in [0.1, 0.15) is 23.5 Å². The first-order valence-corrected chi connectivity index (χ1v) is 12.4. The summed E-state index contributed by atoms with van der Waals surface area (Å²) in [6.45, 7) is 1.95. The summed E-state index contributed by atoms with van der Waals surface area (Å²) in [7, 11) is 0. The minimum absolute atomic E-state index is 0.0432. The van der Waals surface area contributed by atoms with Crippen LogP contribution in [0, 0.1) is 10.8 Å². The first-order chi connectivity index (χ1) is 18.0. The lowest BCUT2D eigenvalue weighted by Crippen LogP contribution is -2.49. The van der Waals surface area contributed by atoms with Crippen molar-refractivity contribution in [1.82, 2.24) is 30.2 Å². The van der Waals surface area contributed by atoms with Gasteiger partial charge in [0.2, 0.25) is 0 Å². The third-order valence-corrected chi connectivity index (χ3v) is 8.20. The van der Waals surface area contributed by atoms with Gasteiger partial charge in [0.25, 0.3) is 17.6 Å². The number of nitrogens with one attached hydrogen (secondary N) is 2. The normalized spacial score (nSPS) is 22.8. The second kappa shape index (κ2) is 9.48. The molecule has 1 aromatic carbocycles. The maximum atomic E-state index is 13.2. The van der Waals surface area contributed by atoms with Gasteiger partial charge in [-0.15, -0.1) is 0 Å². The molecule has 2 bridgehead atoms. The van der Waals surface area contributed by atoms with Gasteiger partial charge in [0.15, 0.2) is 0 Å². The Morgan fingerprint density at radius 2 is 1.71 bits per heavy atom. The van der Waals surface area contributed by atoms with Gasteiger partial charge in [0.05, 0.1) is 5.56 Å². The molecule has 0 aliphatic heterocycles. The summed E-state index contributed by atoms with van der Waals surface area (Å²) in [5.74, 6) is -0.820. The molecule has 38 heavy (non-hydrogen) atoms. The number of aromatic nitrogens is 4. The number of hydrogen-bond acceptors (Lipinski definition) is 6. The number of fused-ring (bicyclic) bond motifs is 4. The van der Waals surface area contributed by atoms with Crippen molar-refractivity contribution in [3.8, 4) is 0 Å². The molecule has 200 valence electrons. The summed E-state index contributed by atoms with van der Waals surface area (Å²) in [6, 6.07) is 5.95. The highest BCUT2D eigenvalue weighted by Gasteiger charge is 2.50. The van der Waals surface area contributed by atoms with Crippen molar-refractivity contribution in [2.75, 3.05) is 6.54 Å². The molecule has 3 aliphatic rings. The number of amides is 2. The molecule has 2 aromatic heterocycles. The fourth-order valence-electron chi connectivity index (χ4n) is 5.64. The van der Waals surface area contributed by atoms with Gasteiger partial charge < -0.3 is 10.6 Å². The number of nitrogens with zero attached hydrogens (tertiary/aromatic N) is 4. The average molecular weight is 529 g/mol. The third kappa shape index (κ3) is 4.86. The standard InChI is InChI=1S/C26H27F3N6O3/c1-16(36)25-8-5-24(6-9-25,7-10-25)14-31-22(38)20-12-19(34-23-32-15-33-35(20)23)21(37)30-13-17-3-2-4-18(11-17)26(27,28)29/h2-4,11-12,15H,5-10,13-14H2,1H3,(H,30,37)(H,31,38). The largest absolute Gasteiger partial charge is 0.416 e. The molecule has 2 heterocycles. The molecular weight excluding hydrogens is 501 g/mol. The fraction of sp³-hybridized carbons (Fsp3) is 0.462. The molecule has 12 heteroatoms. The second-order valence-corrected chi connectivity index (χ2v) is 10.4. The van der Waals surface area contributed by atoms with Gasteiger partial charge in [-0.1, -0.05) is 12.1 Å². The van der Waals surface area contributed by atoms with E-state index >= 15 is 0 Å². The predicted octanol–water partition coefficient (Wildman–Crippen LogP) is 3.73. The SMILES string of the molecule is CC(=O)C12CCC(CNC(=O)c3cc(C(=O)NCc4cccc(C(F)(F)F)c4)nc4ncnn34)(CC1)CC2. The molecule has 0 saturated heterocycles. The molecule has 3 aliphatic carbocycles. The van der Waals surface area contributed by atoms with Gasteiger partial charge in [-0.25, -0.2) is 4.98 Å². The van der Waals surface area contributed by atoms with Crippen LogP contribution in [0.5, 0.6) is 0 Å². The van der Waals surface area contributed by atoms with Gasteiger partial charge in [-0.05, 0) is 68.6 Å². The van der Waals surface area contributed by atoms with Gasteiger partial charge >= 0.3 is 6.18 Å². The highest BCUT2D eigenvalue weighted by atomic mass is 19.4. The van der Waals surface area contributed by atoms with Crippen LogP contribution in [-0.4, -0.2) is 43.7 Å². The zero-order valence-corrected chi connectivity index (χ0v) is 20.8. The molecule has 0 spiro atoms. The molecule has 2 amide bonds. The van der Waals surface area contributed by atoms with Crippen LogP contribution in [0.3, 0.4) is 0 Å². The quantitative estimate of drug-likeness (QED) is 0.483. The van der Waals surface area contributed by atoms with Crippen molar-refractivity contribution in [1.29, 1.82) is 0 Å². The molecular formula is C26H27F3N6O3. The van der Waals surface area contributed by atoms with Crippen LogP contribution in [0.15, 0.2) is 36.7 Å². The lowest BCUT2D eigenvalue weighted by atomic mass is 9.52. The van der Waals surface area contributed by atoms with E-state index in [1.807, 2.05) is 0 Å². The van der Waals surface area contributed by atoms with E-state index in [4.69, 9.17) is 0 Å². The number of ketones is 1. The van der Waals surface area contributed by atoms with E-state index in [1.54, 1.807) is 6.92 Å². The number of rotatable bonds is 7. The Kier molecular flexibility index (Phi) is 6.44. The first-order valence-electron chi connectivity index (χ1n) is 12.4.